The number of carbonyl (C=O) groups is 1. The Morgan fingerprint density at radius 2 is 1.83 bits per heavy atom. The van der Waals surface area contributed by atoms with Crippen molar-refractivity contribution in [3.8, 4) is 0 Å². The molecule has 0 atom stereocenters. The zero-order valence-electron chi connectivity index (χ0n) is 17.8. The fraction of sp³-hybridized carbons (Fsp3) is 0.455. The molecule has 0 unspecified atom stereocenters. The smallest absolute Gasteiger partial charge is 0.219 e. The van der Waals surface area contributed by atoms with E-state index >= 15 is 0 Å². The molecule has 2 N–H and O–H groups in total. The Morgan fingerprint density at radius 3 is 2.38 bits per heavy atom. The SMILES string of the molecule is CC.CNCCCN1CCN(c2cccc(Cl)c2)CC1.N=c1ccccn1C=O. The highest BCUT2D eigenvalue weighted by Crippen LogP contribution is 2.20. The summed E-state index contributed by atoms with van der Waals surface area (Å²) in [5.41, 5.74) is 1.45. The number of nitrogens with one attached hydrogen (secondary N) is 2. The molecule has 160 valence electrons. The molecule has 1 aliphatic heterocycles. The van der Waals surface area contributed by atoms with Crippen LogP contribution in [0.25, 0.3) is 0 Å². The second-order valence-electron chi connectivity index (χ2n) is 6.36. The second-order valence-corrected chi connectivity index (χ2v) is 6.80. The number of aromatic nitrogens is 1. The lowest BCUT2D eigenvalue weighted by molar-refractivity contribution is 0.254. The highest BCUT2D eigenvalue weighted by atomic mass is 35.5. The van der Waals surface area contributed by atoms with E-state index in [-0.39, 0.29) is 5.49 Å². The minimum atomic E-state index is 0.201. The minimum Gasteiger partial charge on any atom is -0.369 e. The molecule has 6 nitrogen and oxygen atoms in total. The monoisotopic (exact) mass is 419 g/mol. The molecule has 1 aliphatic rings. The van der Waals surface area contributed by atoms with Gasteiger partial charge >= 0.3 is 0 Å². The number of anilines is 1. The molecule has 1 saturated heterocycles. The van der Waals surface area contributed by atoms with Crippen molar-refractivity contribution in [2.45, 2.75) is 20.3 Å². The summed E-state index contributed by atoms with van der Waals surface area (Å²) in [7, 11) is 2.01. The second kappa shape index (κ2) is 14.8. The first-order valence-corrected chi connectivity index (χ1v) is 10.6. The van der Waals surface area contributed by atoms with Gasteiger partial charge in [-0.2, -0.15) is 0 Å². The van der Waals surface area contributed by atoms with Crippen LogP contribution in [-0.4, -0.2) is 62.2 Å². The van der Waals surface area contributed by atoms with E-state index in [9.17, 15) is 4.79 Å². The first kappa shape index (κ1) is 24.9. The van der Waals surface area contributed by atoms with E-state index in [0.29, 0.717) is 6.41 Å². The van der Waals surface area contributed by atoms with E-state index in [2.05, 4.69) is 27.2 Å². The van der Waals surface area contributed by atoms with Crippen LogP contribution in [0.3, 0.4) is 0 Å². The van der Waals surface area contributed by atoms with Crippen LogP contribution in [0.4, 0.5) is 5.69 Å². The summed E-state index contributed by atoms with van der Waals surface area (Å²) in [5, 5.41) is 11.1. The van der Waals surface area contributed by atoms with Crippen molar-refractivity contribution < 1.29 is 4.79 Å². The molecule has 1 aromatic heterocycles. The molecular weight excluding hydrogens is 386 g/mol. The fourth-order valence-electron chi connectivity index (χ4n) is 2.93. The lowest BCUT2D eigenvalue weighted by atomic mass is 10.2. The van der Waals surface area contributed by atoms with Gasteiger partial charge in [0.15, 0.2) is 0 Å². The molecular formula is C22H34ClN5O. The van der Waals surface area contributed by atoms with Gasteiger partial charge in [0.25, 0.3) is 0 Å². The van der Waals surface area contributed by atoms with E-state index in [1.54, 1.807) is 18.2 Å². The molecule has 0 saturated carbocycles. The van der Waals surface area contributed by atoms with Gasteiger partial charge in [0.1, 0.15) is 5.49 Å². The van der Waals surface area contributed by atoms with Gasteiger partial charge in [0.05, 0.1) is 0 Å². The van der Waals surface area contributed by atoms with Crippen molar-refractivity contribution >= 4 is 23.7 Å². The van der Waals surface area contributed by atoms with Crippen LogP contribution in [0.1, 0.15) is 20.3 Å². The molecule has 7 heteroatoms. The van der Waals surface area contributed by atoms with Crippen LogP contribution in [0.2, 0.25) is 5.02 Å². The number of rotatable bonds is 6. The average molecular weight is 420 g/mol. The molecule has 2 aromatic rings. The van der Waals surface area contributed by atoms with Crippen molar-refractivity contribution in [3.63, 3.8) is 0 Å². The van der Waals surface area contributed by atoms with Crippen molar-refractivity contribution in [1.29, 1.82) is 5.41 Å². The Bertz CT molecular complexity index is 757. The lowest BCUT2D eigenvalue weighted by Crippen LogP contribution is -2.46. The van der Waals surface area contributed by atoms with Crippen LogP contribution < -0.4 is 15.7 Å². The quantitative estimate of drug-likeness (QED) is 0.557. The first-order chi connectivity index (χ1) is 14.1. The maximum absolute atomic E-state index is 10.1. The highest BCUT2D eigenvalue weighted by Gasteiger charge is 2.16. The van der Waals surface area contributed by atoms with Gasteiger partial charge in [-0.05, 0) is 56.9 Å². The zero-order valence-corrected chi connectivity index (χ0v) is 18.5. The topological polar surface area (TPSA) is 64.4 Å². The van der Waals surface area contributed by atoms with E-state index in [4.69, 9.17) is 17.0 Å². The van der Waals surface area contributed by atoms with Gasteiger partial charge in [-0.3, -0.25) is 19.7 Å². The maximum atomic E-state index is 10.1. The summed E-state index contributed by atoms with van der Waals surface area (Å²) in [6, 6.07) is 13.1. The Labute approximate surface area is 179 Å². The summed E-state index contributed by atoms with van der Waals surface area (Å²) in [6.45, 7) is 10.8. The number of hydrogen-bond acceptors (Lipinski definition) is 5. The number of nitrogens with zero attached hydrogens (tertiary/aromatic N) is 3. The predicted molar refractivity (Wildman–Crippen MR) is 122 cm³/mol. The molecule has 0 bridgehead atoms. The summed E-state index contributed by atoms with van der Waals surface area (Å²) in [6.07, 6.45) is 3.37. The first-order valence-electron chi connectivity index (χ1n) is 10.2. The summed E-state index contributed by atoms with van der Waals surface area (Å²) in [5.74, 6) is 0. The predicted octanol–water partition coefficient (Wildman–Crippen LogP) is 3.10. The standard InChI is InChI=1S/C14H22ClN3.C6H6N2O.C2H6/c1-16-6-3-7-17-8-10-18(11-9-17)14-5-2-4-13(15)12-14;7-6-3-1-2-4-8(6)5-9;1-2/h2,4-5,12,16H,3,6-11H2,1H3;1-5,7H;1-2H3. The van der Waals surface area contributed by atoms with Crippen LogP contribution in [0.15, 0.2) is 48.7 Å². The Hall–Kier alpha value is -2.15. The van der Waals surface area contributed by atoms with Crippen LogP contribution in [0.5, 0.6) is 0 Å². The highest BCUT2D eigenvalue weighted by molar-refractivity contribution is 6.30. The Morgan fingerprint density at radius 1 is 1.10 bits per heavy atom. The average Bonchev–Trinajstić information content (AvgIpc) is 2.77. The third-order valence-corrected chi connectivity index (χ3v) is 4.69. The molecule has 29 heavy (non-hydrogen) atoms. The Balaban J connectivity index is 0.000000321. The summed E-state index contributed by atoms with van der Waals surface area (Å²) >= 11 is 6.03. The third-order valence-electron chi connectivity index (χ3n) is 4.45. The molecule has 1 aromatic carbocycles. The van der Waals surface area contributed by atoms with Crippen molar-refractivity contribution in [2.24, 2.45) is 0 Å². The molecule has 3 rings (SSSR count). The molecule has 2 heterocycles. The summed E-state index contributed by atoms with van der Waals surface area (Å²) < 4.78 is 1.19. The van der Waals surface area contributed by atoms with Gasteiger partial charge < -0.3 is 10.2 Å². The number of pyridine rings is 1. The van der Waals surface area contributed by atoms with Crippen LogP contribution >= 0.6 is 11.6 Å². The Kier molecular flexibility index (Phi) is 12.7. The number of carbonyl (C=O) groups excluding carboxylic acids is 1. The van der Waals surface area contributed by atoms with Crippen LogP contribution in [0, 0.1) is 5.41 Å². The lowest BCUT2D eigenvalue weighted by Gasteiger charge is -2.36. The molecule has 0 aliphatic carbocycles. The van der Waals surface area contributed by atoms with Gasteiger partial charge in [0.2, 0.25) is 6.41 Å². The minimum absolute atomic E-state index is 0.201. The fourth-order valence-corrected chi connectivity index (χ4v) is 3.11. The van der Waals surface area contributed by atoms with Crippen molar-refractivity contribution in [3.05, 3.63) is 59.2 Å². The van der Waals surface area contributed by atoms with E-state index < -0.39 is 0 Å². The third kappa shape index (κ3) is 9.26. The number of hydrogen-bond donors (Lipinski definition) is 2. The van der Waals surface area contributed by atoms with E-state index in [0.717, 1.165) is 37.7 Å². The zero-order chi connectivity index (χ0) is 21.5. The van der Waals surface area contributed by atoms with E-state index in [1.165, 1.54) is 29.4 Å². The molecule has 0 spiro atoms. The largest absolute Gasteiger partial charge is 0.369 e. The van der Waals surface area contributed by atoms with Crippen LogP contribution in [-0.2, 0) is 4.79 Å². The van der Waals surface area contributed by atoms with E-state index in [1.807, 2.05) is 33.0 Å². The van der Waals surface area contributed by atoms with Crippen molar-refractivity contribution in [2.75, 3.05) is 51.2 Å². The number of halogens is 1. The van der Waals surface area contributed by atoms with Gasteiger partial charge in [-0.25, -0.2) is 0 Å². The van der Waals surface area contributed by atoms with Gasteiger partial charge in [-0.1, -0.05) is 37.6 Å². The number of piperazine rings is 1. The molecule has 0 amide bonds. The molecule has 0 radical (unpaired) electrons. The normalized spacial score (nSPS) is 13.6. The van der Waals surface area contributed by atoms with Gasteiger partial charge in [-0.15, -0.1) is 0 Å². The number of benzene rings is 1. The maximum Gasteiger partial charge on any atom is 0.219 e. The summed E-state index contributed by atoms with van der Waals surface area (Å²) in [4.78, 5) is 15.0. The molecule has 1 fully saturated rings. The van der Waals surface area contributed by atoms with Gasteiger partial charge in [0, 0.05) is 43.1 Å². The van der Waals surface area contributed by atoms with Crippen molar-refractivity contribution in [1.82, 2.24) is 14.8 Å².